The number of nitrogens with one attached hydrogen (secondary N) is 1. The van der Waals surface area contributed by atoms with Crippen molar-refractivity contribution >= 4 is 35.1 Å². The predicted octanol–water partition coefficient (Wildman–Crippen LogP) is 3.40. The Morgan fingerprint density at radius 2 is 1.80 bits per heavy atom. The number of nitrogens with zero attached hydrogens (tertiary/aromatic N) is 7. The van der Waals surface area contributed by atoms with Gasteiger partial charge in [0.2, 0.25) is 5.95 Å². The fourth-order valence-corrected chi connectivity index (χ4v) is 3.14. The Kier molecular flexibility index (Phi) is 5.56. The van der Waals surface area contributed by atoms with Crippen LogP contribution in [0.2, 0.25) is 10.0 Å². The van der Waals surface area contributed by atoms with Gasteiger partial charge in [0.05, 0.1) is 23.0 Å². The Hall–Kier alpha value is -3.17. The van der Waals surface area contributed by atoms with Crippen LogP contribution in [0, 0.1) is 13.8 Å². The van der Waals surface area contributed by atoms with E-state index in [-0.39, 0.29) is 11.6 Å². The molecule has 0 saturated heterocycles. The minimum absolute atomic E-state index is 0.203. The molecule has 0 unspecified atom stereocenters. The summed E-state index contributed by atoms with van der Waals surface area (Å²) in [5.74, 6) is -0.196. The summed E-state index contributed by atoms with van der Waals surface area (Å²) in [7, 11) is 0. The van der Waals surface area contributed by atoms with Gasteiger partial charge in [0.1, 0.15) is 13.0 Å². The van der Waals surface area contributed by atoms with Crippen LogP contribution in [0.15, 0.2) is 42.9 Å². The number of carbonyl (C=O) groups is 1. The molecule has 11 heteroatoms. The van der Waals surface area contributed by atoms with Crippen molar-refractivity contribution in [2.24, 2.45) is 0 Å². The van der Waals surface area contributed by atoms with Gasteiger partial charge in [-0.15, -0.1) is 5.10 Å². The normalized spacial score (nSPS) is 11.1. The predicted molar refractivity (Wildman–Crippen MR) is 113 cm³/mol. The highest BCUT2D eigenvalue weighted by atomic mass is 35.5. The van der Waals surface area contributed by atoms with Crippen LogP contribution in [-0.2, 0) is 13.2 Å². The number of aryl methyl sites for hydroxylation is 1. The average molecular weight is 445 g/mol. The van der Waals surface area contributed by atoms with Gasteiger partial charge >= 0.3 is 0 Å². The summed E-state index contributed by atoms with van der Waals surface area (Å²) in [6, 6.07) is 9.06. The SMILES string of the molecule is Cc1nn(Cn2ccc(C(=O)Nc3ncn(Cc4ccc(Cl)cc4)n3)n2)c(C)c1Cl. The van der Waals surface area contributed by atoms with Gasteiger partial charge in [0, 0.05) is 11.2 Å². The molecule has 0 aliphatic heterocycles. The molecular formula is C19H18Cl2N8O. The van der Waals surface area contributed by atoms with Crippen molar-refractivity contribution in [1.82, 2.24) is 34.3 Å². The lowest BCUT2D eigenvalue weighted by atomic mass is 10.2. The highest BCUT2D eigenvalue weighted by molar-refractivity contribution is 6.31. The first-order valence-corrected chi connectivity index (χ1v) is 9.83. The van der Waals surface area contributed by atoms with Crippen LogP contribution >= 0.6 is 23.2 Å². The average Bonchev–Trinajstić information content (AvgIpc) is 3.42. The van der Waals surface area contributed by atoms with Crippen LogP contribution in [0.1, 0.15) is 27.4 Å². The number of halogens is 2. The smallest absolute Gasteiger partial charge is 0.278 e. The third-order valence-corrected chi connectivity index (χ3v) is 5.26. The van der Waals surface area contributed by atoms with Crippen molar-refractivity contribution < 1.29 is 4.79 Å². The van der Waals surface area contributed by atoms with E-state index < -0.39 is 5.91 Å². The van der Waals surface area contributed by atoms with E-state index in [4.69, 9.17) is 23.2 Å². The van der Waals surface area contributed by atoms with Crippen molar-refractivity contribution in [3.05, 3.63) is 75.5 Å². The zero-order valence-electron chi connectivity index (χ0n) is 16.3. The second-order valence-electron chi connectivity index (χ2n) is 6.71. The van der Waals surface area contributed by atoms with Crippen molar-refractivity contribution in [3.63, 3.8) is 0 Å². The minimum atomic E-state index is -0.399. The summed E-state index contributed by atoms with van der Waals surface area (Å²) in [5.41, 5.74) is 2.85. The molecular weight excluding hydrogens is 427 g/mol. The monoisotopic (exact) mass is 444 g/mol. The molecule has 0 aliphatic carbocycles. The van der Waals surface area contributed by atoms with Gasteiger partial charge in [-0.3, -0.25) is 14.8 Å². The molecule has 154 valence electrons. The lowest BCUT2D eigenvalue weighted by Gasteiger charge is -2.04. The number of anilines is 1. The second kappa shape index (κ2) is 8.29. The molecule has 0 fully saturated rings. The van der Waals surface area contributed by atoms with Gasteiger partial charge in [0.25, 0.3) is 5.91 Å². The Labute approximate surface area is 182 Å². The Bertz CT molecular complexity index is 1190. The maximum Gasteiger partial charge on any atom is 0.278 e. The number of carbonyl (C=O) groups excluding carboxylic acids is 1. The molecule has 3 heterocycles. The van der Waals surface area contributed by atoms with Crippen molar-refractivity contribution in [1.29, 1.82) is 0 Å². The van der Waals surface area contributed by atoms with Crippen LogP contribution in [0.3, 0.4) is 0 Å². The Morgan fingerprint density at radius 1 is 1.03 bits per heavy atom. The standard InChI is InChI=1S/C19H18Cl2N8O/c1-12-17(21)13(2)29(24-12)11-27-8-7-16(25-27)18(30)23-19-22-10-28(26-19)9-14-3-5-15(20)6-4-14/h3-8,10H,9,11H2,1-2H3,(H,23,26,30). The number of hydrogen-bond donors (Lipinski definition) is 1. The molecule has 0 radical (unpaired) electrons. The lowest BCUT2D eigenvalue weighted by molar-refractivity contribution is 0.102. The number of hydrogen-bond acceptors (Lipinski definition) is 5. The summed E-state index contributed by atoms with van der Waals surface area (Å²) in [6.45, 7) is 4.58. The third-order valence-electron chi connectivity index (χ3n) is 4.46. The van der Waals surface area contributed by atoms with Gasteiger partial charge in [-0.25, -0.2) is 14.3 Å². The first-order chi connectivity index (χ1) is 14.4. The molecule has 0 saturated carbocycles. The summed E-state index contributed by atoms with van der Waals surface area (Å²) >= 11 is 12.1. The molecule has 9 nitrogen and oxygen atoms in total. The molecule has 1 aromatic carbocycles. The van der Waals surface area contributed by atoms with E-state index in [1.807, 2.05) is 38.1 Å². The topological polar surface area (TPSA) is 95.5 Å². The van der Waals surface area contributed by atoms with Gasteiger partial charge in [-0.05, 0) is 37.6 Å². The molecule has 0 aliphatic rings. The molecule has 4 aromatic rings. The van der Waals surface area contributed by atoms with Crippen LogP contribution in [-0.4, -0.2) is 40.2 Å². The van der Waals surface area contributed by atoms with Crippen molar-refractivity contribution in [2.75, 3.05) is 5.32 Å². The summed E-state index contributed by atoms with van der Waals surface area (Å²) in [5, 5.41) is 16.9. The molecule has 4 rings (SSSR count). The highest BCUT2D eigenvalue weighted by Crippen LogP contribution is 2.18. The van der Waals surface area contributed by atoms with E-state index in [1.165, 1.54) is 0 Å². The van der Waals surface area contributed by atoms with E-state index in [0.717, 1.165) is 17.0 Å². The zero-order chi connectivity index (χ0) is 21.3. The van der Waals surface area contributed by atoms with E-state index in [0.29, 0.717) is 23.3 Å². The summed E-state index contributed by atoms with van der Waals surface area (Å²) in [4.78, 5) is 16.6. The molecule has 3 aromatic heterocycles. The zero-order valence-corrected chi connectivity index (χ0v) is 17.8. The minimum Gasteiger partial charge on any atom is -0.288 e. The quantitative estimate of drug-likeness (QED) is 0.491. The van der Waals surface area contributed by atoms with Crippen LogP contribution in [0.5, 0.6) is 0 Å². The molecule has 0 atom stereocenters. The van der Waals surface area contributed by atoms with Crippen molar-refractivity contribution in [3.8, 4) is 0 Å². The first kappa shape index (κ1) is 20.1. The summed E-state index contributed by atoms with van der Waals surface area (Å²) in [6.07, 6.45) is 3.25. The summed E-state index contributed by atoms with van der Waals surface area (Å²) < 4.78 is 4.97. The number of benzene rings is 1. The fourth-order valence-electron chi connectivity index (χ4n) is 2.88. The fraction of sp³-hybridized carbons (Fsp3) is 0.211. The molecule has 0 spiro atoms. The van der Waals surface area contributed by atoms with Gasteiger partial charge in [-0.2, -0.15) is 10.2 Å². The first-order valence-electron chi connectivity index (χ1n) is 9.07. The molecule has 30 heavy (non-hydrogen) atoms. The Balaban J connectivity index is 1.39. The van der Waals surface area contributed by atoms with E-state index in [2.05, 4.69) is 25.6 Å². The number of amides is 1. The molecule has 1 N–H and O–H groups in total. The molecule has 1 amide bonds. The Morgan fingerprint density at radius 3 is 2.50 bits per heavy atom. The second-order valence-corrected chi connectivity index (χ2v) is 7.53. The van der Waals surface area contributed by atoms with Crippen LogP contribution in [0.25, 0.3) is 0 Å². The van der Waals surface area contributed by atoms with Crippen LogP contribution < -0.4 is 5.32 Å². The third kappa shape index (κ3) is 4.37. The highest BCUT2D eigenvalue weighted by Gasteiger charge is 2.14. The van der Waals surface area contributed by atoms with E-state index in [1.54, 1.807) is 32.6 Å². The van der Waals surface area contributed by atoms with Gasteiger partial charge in [-0.1, -0.05) is 35.3 Å². The lowest BCUT2D eigenvalue weighted by Crippen LogP contribution is -2.16. The van der Waals surface area contributed by atoms with Crippen LogP contribution in [0.4, 0.5) is 5.95 Å². The molecule has 0 bridgehead atoms. The number of rotatable bonds is 6. The number of aromatic nitrogens is 7. The van der Waals surface area contributed by atoms with Crippen molar-refractivity contribution in [2.45, 2.75) is 27.1 Å². The van der Waals surface area contributed by atoms with E-state index >= 15 is 0 Å². The largest absolute Gasteiger partial charge is 0.288 e. The van der Waals surface area contributed by atoms with Gasteiger partial charge < -0.3 is 0 Å². The maximum absolute atomic E-state index is 12.5. The van der Waals surface area contributed by atoms with Gasteiger partial charge in [0.15, 0.2) is 5.69 Å². The maximum atomic E-state index is 12.5. The van der Waals surface area contributed by atoms with E-state index in [9.17, 15) is 4.79 Å².